The van der Waals surface area contributed by atoms with Crippen LogP contribution in [0.5, 0.6) is 5.75 Å². The first-order valence-corrected chi connectivity index (χ1v) is 9.42. The lowest BCUT2D eigenvalue weighted by molar-refractivity contribution is -0.142. The zero-order chi connectivity index (χ0) is 21.1. The average molecular weight is 392 g/mol. The van der Waals surface area contributed by atoms with Crippen LogP contribution in [0.1, 0.15) is 30.5 Å². The monoisotopic (exact) mass is 392 g/mol. The molecular formula is C23H24N2O4. The van der Waals surface area contributed by atoms with E-state index in [1.54, 1.807) is 30.3 Å². The van der Waals surface area contributed by atoms with Crippen molar-refractivity contribution in [2.45, 2.75) is 26.7 Å². The molecule has 0 atom stereocenters. The fourth-order valence-electron chi connectivity index (χ4n) is 2.72. The van der Waals surface area contributed by atoms with Crippen molar-refractivity contribution in [3.8, 4) is 11.8 Å². The van der Waals surface area contributed by atoms with Crippen LogP contribution < -0.4 is 10.1 Å². The molecule has 0 aromatic heterocycles. The van der Waals surface area contributed by atoms with E-state index in [4.69, 9.17) is 14.7 Å². The molecule has 0 aliphatic carbocycles. The Bertz CT molecular complexity index is 889. The Kier molecular flexibility index (Phi) is 8.46. The molecule has 29 heavy (non-hydrogen) atoms. The zero-order valence-corrected chi connectivity index (χ0v) is 16.6. The standard InChI is InChI=1S/C23H24N2O4/c1-3-18-6-5-7-19(4-2)23(18)25-21(26)16-29-22(27)13-10-17-8-11-20(12-9-17)28-15-14-24/h5-13H,3-4,15-16H2,1-2H3,(H,25,26)/b13-10+. The number of benzene rings is 2. The van der Waals surface area contributed by atoms with Crippen LogP contribution in [0, 0.1) is 11.3 Å². The maximum atomic E-state index is 12.2. The summed E-state index contributed by atoms with van der Waals surface area (Å²) in [6, 6.07) is 14.7. The van der Waals surface area contributed by atoms with Gasteiger partial charge in [-0.3, -0.25) is 4.79 Å². The number of esters is 1. The van der Waals surface area contributed by atoms with Gasteiger partial charge < -0.3 is 14.8 Å². The van der Waals surface area contributed by atoms with Gasteiger partial charge >= 0.3 is 5.97 Å². The molecule has 1 amide bonds. The number of nitrogens with zero attached hydrogens (tertiary/aromatic N) is 1. The third-order valence-corrected chi connectivity index (χ3v) is 4.20. The maximum absolute atomic E-state index is 12.2. The number of nitriles is 1. The van der Waals surface area contributed by atoms with Crippen molar-refractivity contribution < 1.29 is 19.1 Å². The Labute approximate surface area is 170 Å². The molecule has 0 aliphatic heterocycles. The second-order valence-corrected chi connectivity index (χ2v) is 6.16. The summed E-state index contributed by atoms with van der Waals surface area (Å²) in [5.41, 5.74) is 3.66. The summed E-state index contributed by atoms with van der Waals surface area (Å²) in [4.78, 5) is 24.1. The summed E-state index contributed by atoms with van der Waals surface area (Å²) in [5, 5.41) is 11.3. The predicted molar refractivity (Wildman–Crippen MR) is 111 cm³/mol. The number of para-hydroxylation sites is 1. The maximum Gasteiger partial charge on any atom is 0.331 e. The fraction of sp³-hybridized carbons (Fsp3) is 0.261. The average Bonchev–Trinajstić information content (AvgIpc) is 2.75. The Balaban J connectivity index is 1.87. The summed E-state index contributed by atoms with van der Waals surface area (Å²) in [5.74, 6) is -0.410. The second kappa shape index (κ2) is 11.3. The molecule has 2 aromatic carbocycles. The largest absolute Gasteiger partial charge is 0.479 e. The number of hydrogen-bond donors (Lipinski definition) is 1. The molecule has 0 fully saturated rings. The first kappa shape index (κ1) is 21.7. The topological polar surface area (TPSA) is 88.4 Å². The van der Waals surface area contributed by atoms with Gasteiger partial charge in [-0.15, -0.1) is 0 Å². The van der Waals surface area contributed by atoms with E-state index >= 15 is 0 Å². The molecule has 0 heterocycles. The van der Waals surface area contributed by atoms with Crippen LogP contribution in [0.2, 0.25) is 0 Å². The smallest absolute Gasteiger partial charge is 0.331 e. The first-order chi connectivity index (χ1) is 14.1. The number of amides is 1. The van der Waals surface area contributed by atoms with Crippen molar-refractivity contribution in [1.82, 2.24) is 0 Å². The normalized spacial score (nSPS) is 10.4. The van der Waals surface area contributed by atoms with Gasteiger partial charge in [-0.2, -0.15) is 5.26 Å². The van der Waals surface area contributed by atoms with Gasteiger partial charge in [0.25, 0.3) is 5.91 Å². The van der Waals surface area contributed by atoms with Crippen LogP contribution in [0.25, 0.3) is 6.08 Å². The second-order valence-electron chi connectivity index (χ2n) is 6.16. The minimum atomic E-state index is -0.607. The van der Waals surface area contributed by atoms with Gasteiger partial charge in [-0.05, 0) is 47.7 Å². The molecule has 0 bridgehead atoms. The van der Waals surface area contributed by atoms with Gasteiger partial charge in [-0.25, -0.2) is 4.79 Å². The molecule has 150 valence electrons. The van der Waals surface area contributed by atoms with E-state index in [1.165, 1.54) is 6.08 Å². The van der Waals surface area contributed by atoms with E-state index in [9.17, 15) is 9.59 Å². The summed E-state index contributed by atoms with van der Waals surface area (Å²) < 4.78 is 10.2. The Hall–Kier alpha value is -3.59. The molecule has 2 rings (SSSR count). The summed E-state index contributed by atoms with van der Waals surface area (Å²) >= 11 is 0. The predicted octanol–water partition coefficient (Wildman–Crippen LogP) is 3.91. The number of carbonyl (C=O) groups excluding carboxylic acids is 2. The number of hydrogen-bond acceptors (Lipinski definition) is 5. The molecule has 1 N–H and O–H groups in total. The van der Waals surface area contributed by atoms with Crippen molar-refractivity contribution in [3.05, 3.63) is 65.2 Å². The molecule has 0 unspecified atom stereocenters. The van der Waals surface area contributed by atoms with Crippen molar-refractivity contribution in [2.75, 3.05) is 18.5 Å². The van der Waals surface area contributed by atoms with Crippen molar-refractivity contribution >= 4 is 23.6 Å². The molecule has 0 aliphatic rings. The van der Waals surface area contributed by atoms with Crippen LogP contribution >= 0.6 is 0 Å². The van der Waals surface area contributed by atoms with E-state index < -0.39 is 5.97 Å². The molecule has 0 saturated heterocycles. The van der Waals surface area contributed by atoms with Crippen molar-refractivity contribution in [1.29, 1.82) is 5.26 Å². The van der Waals surface area contributed by atoms with Gasteiger partial charge in [0.05, 0.1) is 0 Å². The third kappa shape index (κ3) is 6.82. The van der Waals surface area contributed by atoms with E-state index in [-0.39, 0.29) is 19.1 Å². The Morgan fingerprint density at radius 2 is 1.72 bits per heavy atom. The van der Waals surface area contributed by atoms with Crippen LogP contribution in [-0.2, 0) is 27.2 Å². The molecule has 2 aromatic rings. The van der Waals surface area contributed by atoms with Crippen LogP contribution in [-0.4, -0.2) is 25.1 Å². The Morgan fingerprint density at radius 3 is 2.31 bits per heavy atom. The lowest BCUT2D eigenvalue weighted by Gasteiger charge is -2.14. The van der Waals surface area contributed by atoms with Crippen LogP contribution in [0.4, 0.5) is 5.69 Å². The van der Waals surface area contributed by atoms with Gasteiger partial charge in [0.1, 0.15) is 11.8 Å². The number of ether oxygens (including phenoxy) is 2. The summed E-state index contributed by atoms with van der Waals surface area (Å²) in [6.07, 6.45) is 4.43. The molecule has 0 saturated carbocycles. The number of nitrogens with one attached hydrogen (secondary N) is 1. The van der Waals surface area contributed by atoms with E-state index in [2.05, 4.69) is 5.32 Å². The zero-order valence-electron chi connectivity index (χ0n) is 16.6. The Morgan fingerprint density at radius 1 is 1.07 bits per heavy atom. The van der Waals surface area contributed by atoms with E-state index in [0.29, 0.717) is 5.75 Å². The number of anilines is 1. The van der Waals surface area contributed by atoms with Gasteiger partial charge in [-0.1, -0.05) is 44.2 Å². The number of rotatable bonds is 9. The lowest BCUT2D eigenvalue weighted by atomic mass is 10.0. The molecule has 6 nitrogen and oxygen atoms in total. The van der Waals surface area contributed by atoms with Gasteiger partial charge in [0, 0.05) is 11.8 Å². The minimum Gasteiger partial charge on any atom is -0.479 e. The quantitative estimate of drug-likeness (QED) is 0.516. The van der Waals surface area contributed by atoms with E-state index in [1.807, 2.05) is 38.1 Å². The minimum absolute atomic E-state index is 0.0218. The molecule has 0 spiro atoms. The number of carbonyl (C=O) groups is 2. The summed E-state index contributed by atoms with van der Waals surface area (Å²) in [7, 11) is 0. The van der Waals surface area contributed by atoms with Crippen molar-refractivity contribution in [2.24, 2.45) is 0 Å². The highest BCUT2D eigenvalue weighted by atomic mass is 16.5. The lowest BCUT2D eigenvalue weighted by Crippen LogP contribution is -2.21. The van der Waals surface area contributed by atoms with E-state index in [0.717, 1.165) is 35.2 Å². The molecule has 0 radical (unpaired) electrons. The first-order valence-electron chi connectivity index (χ1n) is 9.42. The highest BCUT2D eigenvalue weighted by molar-refractivity contribution is 5.95. The summed E-state index contributed by atoms with van der Waals surface area (Å²) in [6.45, 7) is 3.67. The SMILES string of the molecule is CCc1cccc(CC)c1NC(=O)COC(=O)/C=C/c1ccc(OCC#N)cc1. The molecule has 6 heteroatoms. The highest BCUT2D eigenvalue weighted by Gasteiger charge is 2.11. The fourth-order valence-corrected chi connectivity index (χ4v) is 2.72. The van der Waals surface area contributed by atoms with Crippen molar-refractivity contribution in [3.63, 3.8) is 0 Å². The van der Waals surface area contributed by atoms with Crippen LogP contribution in [0.15, 0.2) is 48.5 Å². The highest BCUT2D eigenvalue weighted by Crippen LogP contribution is 2.22. The van der Waals surface area contributed by atoms with Gasteiger partial charge in [0.15, 0.2) is 13.2 Å². The van der Waals surface area contributed by atoms with Gasteiger partial charge in [0.2, 0.25) is 0 Å². The molecular weight excluding hydrogens is 368 g/mol. The third-order valence-electron chi connectivity index (χ3n) is 4.20. The van der Waals surface area contributed by atoms with Crippen LogP contribution in [0.3, 0.4) is 0 Å². The number of aryl methyl sites for hydroxylation is 2.